The first-order valence-electron chi connectivity index (χ1n) is 8.26. The summed E-state index contributed by atoms with van der Waals surface area (Å²) in [7, 11) is -4.18. The van der Waals surface area contributed by atoms with E-state index in [1.54, 1.807) is 6.92 Å². The molecule has 28 heavy (non-hydrogen) atoms. The second-order valence-corrected chi connectivity index (χ2v) is 8.05. The Hall–Kier alpha value is -2.75. The lowest BCUT2D eigenvalue weighted by Crippen LogP contribution is -2.41. The molecule has 1 N–H and O–H groups in total. The number of rotatable bonds is 3. The first kappa shape index (κ1) is 20.0. The number of amides is 1. The van der Waals surface area contributed by atoms with Gasteiger partial charge in [-0.1, -0.05) is 6.07 Å². The minimum absolute atomic E-state index is 0.201. The van der Waals surface area contributed by atoms with Crippen molar-refractivity contribution in [1.82, 2.24) is 0 Å². The number of ether oxygens (including phenoxy) is 1. The molecule has 0 aromatic heterocycles. The van der Waals surface area contributed by atoms with Gasteiger partial charge in [-0.15, -0.1) is 0 Å². The number of carbonyl (C=O) groups excluding carboxylic acids is 1. The smallest absolute Gasteiger partial charge is 0.416 e. The van der Waals surface area contributed by atoms with Crippen molar-refractivity contribution in [1.29, 1.82) is 0 Å². The Kier molecular flexibility index (Phi) is 5.00. The molecule has 0 fully saturated rings. The summed E-state index contributed by atoms with van der Waals surface area (Å²) in [5.74, 6) is 0.0729. The molecule has 0 saturated carbocycles. The molecular weight excluding hydrogens is 397 g/mol. The molecule has 6 nitrogen and oxygen atoms in total. The summed E-state index contributed by atoms with van der Waals surface area (Å²) < 4.78 is 71.6. The second-order valence-electron chi connectivity index (χ2n) is 6.37. The molecular formula is C18H17F3N2O4S. The number of benzene rings is 2. The van der Waals surface area contributed by atoms with Crippen LogP contribution in [0.25, 0.3) is 0 Å². The van der Waals surface area contributed by atoms with E-state index in [4.69, 9.17) is 4.74 Å². The van der Waals surface area contributed by atoms with Gasteiger partial charge in [0.15, 0.2) is 0 Å². The molecule has 0 bridgehead atoms. The van der Waals surface area contributed by atoms with Crippen molar-refractivity contribution in [2.24, 2.45) is 0 Å². The summed E-state index contributed by atoms with van der Waals surface area (Å²) in [5, 5.41) is 0. The first-order chi connectivity index (χ1) is 13.0. The maximum atomic E-state index is 12.8. The van der Waals surface area contributed by atoms with E-state index >= 15 is 0 Å². The number of sulfonamides is 1. The average Bonchev–Trinajstić information content (AvgIpc) is 2.59. The Morgan fingerprint density at radius 1 is 1.21 bits per heavy atom. The Balaban J connectivity index is 1.95. The predicted molar refractivity (Wildman–Crippen MR) is 96.8 cm³/mol. The first-order valence-corrected chi connectivity index (χ1v) is 9.74. The van der Waals surface area contributed by atoms with Crippen LogP contribution in [0.15, 0.2) is 47.4 Å². The highest BCUT2D eigenvalue weighted by Gasteiger charge is 2.31. The van der Waals surface area contributed by atoms with Crippen molar-refractivity contribution in [3.05, 3.63) is 48.0 Å². The fourth-order valence-corrected chi connectivity index (χ4v) is 3.92. The van der Waals surface area contributed by atoms with Gasteiger partial charge in [-0.25, -0.2) is 8.42 Å². The number of nitrogens with zero attached hydrogens (tertiary/aromatic N) is 1. The summed E-state index contributed by atoms with van der Waals surface area (Å²) in [5.41, 5.74) is -0.901. The van der Waals surface area contributed by atoms with Crippen LogP contribution in [0.4, 0.5) is 24.5 Å². The summed E-state index contributed by atoms with van der Waals surface area (Å²) in [6.07, 6.45) is -4.86. The van der Waals surface area contributed by atoms with Crippen molar-refractivity contribution in [2.45, 2.75) is 31.0 Å². The third-order valence-corrected chi connectivity index (χ3v) is 5.50. The minimum Gasteiger partial charge on any atom is -0.487 e. The normalized spacial score (nSPS) is 16.9. The van der Waals surface area contributed by atoms with E-state index in [1.807, 2.05) is 0 Å². The summed E-state index contributed by atoms with van der Waals surface area (Å²) in [6.45, 7) is 3.38. The van der Waals surface area contributed by atoms with Gasteiger partial charge in [0.2, 0.25) is 5.91 Å². The number of hydrogen-bond donors (Lipinski definition) is 1. The van der Waals surface area contributed by atoms with Crippen LogP contribution >= 0.6 is 0 Å². The largest absolute Gasteiger partial charge is 0.487 e. The van der Waals surface area contributed by atoms with Gasteiger partial charge in [-0.05, 0) is 43.3 Å². The van der Waals surface area contributed by atoms with Crippen LogP contribution in [-0.2, 0) is 21.0 Å². The molecule has 2 aromatic rings. The van der Waals surface area contributed by atoms with Gasteiger partial charge in [0, 0.05) is 12.6 Å². The maximum Gasteiger partial charge on any atom is 0.416 e. The Labute approximate surface area is 160 Å². The topological polar surface area (TPSA) is 75.7 Å². The Morgan fingerprint density at radius 2 is 1.93 bits per heavy atom. The molecule has 1 heterocycles. The zero-order chi connectivity index (χ0) is 20.7. The van der Waals surface area contributed by atoms with Crippen LogP contribution in [0, 0.1) is 0 Å². The number of alkyl halides is 3. The van der Waals surface area contributed by atoms with E-state index < -0.39 is 21.8 Å². The van der Waals surface area contributed by atoms with E-state index in [2.05, 4.69) is 4.72 Å². The van der Waals surface area contributed by atoms with Gasteiger partial charge in [0.1, 0.15) is 11.9 Å². The maximum absolute atomic E-state index is 12.8. The zero-order valence-electron chi connectivity index (χ0n) is 14.9. The highest BCUT2D eigenvalue weighted by Crippen LogP contribution is 2.36. The predicted octanol–water partition coefficient (Wildman–Crippen LogP) is 3.64. The molecule has 0 aliphatic carbocycles. The third-order valence-electron chi connectivity index (χ3n) is 4.12. The van der Waals surface area contributed by atoms with Crippen molar-refractivity contribution in [2.75, 3.05) is 16.2 Å². The van der Waals surface area contributed by atoms with Gasteiger partial charge in [0.25, 0.3) is 10.0 Å². The molecule has 10 heteroatoms. The lowest BCUT2D eigenvalue weighted by molar-refractivity contribution is -0.137. The van der Waals surface area contributed by atoms with Crippen LogP contribution in [0.5, 0.6) is 5.75 Å². The second kappa shape index (κ2) is 7.01. The van der Waals surface area contributed by atoms with Crippen LogP contribution < -0.4 is 14.4 Å². The molecule has 1 atom stereocenters. The summed E-state index contributed by atoms with van der Waals surface area (Å²) in [4.78, 5) is 13.1. The van der Waals surface area contributed by atoms with Gasteiger partial charge in [0.05, 0.1) is 22.7 Å². The van der Waals surface area contributed by atoms with Crippen molar-refractivity contribution in [3.8, 4) is 5.75 Å². The minimum atomic E-state index is -4.59. The van der Waals surface area contributed by atoms with Crippen molar-refractivity contribution in [3.63, 3.8) is 0 Å². The van der Waals surface area contributed by atoms with E-state index in [1.165, 1.54) is 36.1 Å². The molecule has 2 aromatic carbocycles. The lowest BCUT2D eigenvalue weighted by Gasteiger charge is -2.33. The fraction of sp³-hybridized carbons (Fsp3) is 0.278. The zero-order valence-corrected chi connectivity index (χ0v) is 15.8. The number of carbonyl (C=O) groups is 1. The molecule has 150 valence electrons. The number of halogens is 3. The van der Waals surface area contributed by atoms with Crippen LogP contribution in [0.1, 0.15) is 19.4 Å². The Bertz CT molecular complexity index is 1020. The van der Waals surface area contributed by atoms with Gasteiger partial charge < -0.3 is 9.64 Å². The van der Waals surface area contributed by atoms with Crippen molar-refractivity contribution < 1.29 is 31.1 Å². The third kappa shape index (κ3) is 4.06. The monoisotopic (exact) mass is 414 g/mol. The van der Waals surface area contributed by atoms with Crippen molar-refractivity contribution >= 4 is 27.3 Å². The molecule has 0 spiro atoms. The van der Waals surface area contributed by atoms with Gasteiger partial charge in [-0.2, -0.15) is 13.2 Å². The number of anilines is 2. The molecule has 1 unspecified atom stereocenters. The number of fused-ring (bicyclic) bond motifs is 1. The highest BCUT2D eigenvalue weighted by atomic mass is 32.2. The van der Waals surface area contributed by atoms with E-state index in [0.717, 1.165) is 12.1 Å². The van der Waals surface area contributed by atoms with Crippen LogP contribution in [0.2, 0.25) is 0 Å². The standard InChI is InChI=1S/C18H17F3N2O4S/c1-11-10-23(12(2)24)16-9-15(6-7-17(16)27-11)28(25,26)22-14-5-3-4-13(8-14)18(19,20)21/h3-9,11,22H,10H2,1-2H3. The highest BCUT2D eigenvalue weighted by molar-refractivity contribution is 7.92. The summed E-state index contributed by atoms with van der Waals surface area (Å²) in [6, 6.07) is 7.84. The number of hydrogen-bond acceptors (Lipinski definition) is 4. The fourth-order valence-electron chi connectivity index (χ4n) is 2.86. The van der Waals surface area contributed by atoms with Gasteiger partial charge in [-0.3, -0.25) is 9.52 Å². The molecule has 3 rings (SSSR count). The molecule has 1 amide bonds. The molecule has 0 radical (unpaired) electrons. The van der Waals surface area contributed by atoms with Gasteiger partial charge >= 0.3 is 6.18 Å². The number of nitrogens with one attached hydrogen (secondary N) is 1. The SMILES string of the molecule is CC(=O)N1CC(C)Oc2ccc(S(=O)(=O)Nc3cccc(C(F)(F)F)c3)cc21. The summed E-state index contributed by atoms with van der Waals surface area (Å²) >= 11 is 0. The Morgan fingerprint density at radius 3 is 2.57 bits per heavy atom. The molecule has 0 saturated heterocycles. The molecule has 1 aliphatic rings. The van der Waals surface area contributed by atoms with E-state index in [-0.39, 0.29) is 34.8 Å². The molecule has 1 aliphatic heterocycles. The lowest BCUT2D eigenvalue weighted by atomic mass is 10.2. The van der Waals surface area contributed by atoms with E-state index in [9.17, 15) is 26.4 Å². The van der Waals surface area contributed by atoms with E-state index in [0.29, 0.717) is 11.8 Å². The van der Waals surface area contributed by atoms with Crippen LogP contribution in [-0.4, -0.2) is 27.0 Å². The van der Waals surface area contributed by atoms with Crippen LogP contribution in [0.3, 0.4) is 0 Å². The average molecular weight is 414 g/mol. The quantitative estimate of drug-likeness (QED) is 0.832.